The first-order valence-electron chi connectivity index (χ1n) is 7.58. The topological polar surface area (TPSA) is 97.2 Å². The van der Waals surface area contributed by atoms with Crippen molar-refractivity contribution in [2.24, 2.45) is 0 Å². The van der Waals surface area contributed by atoms with Gasteiger partial charge in [-0.25, -0.2) is 0 Å². The van der Waals surface area contributed by atoms with Crippen molar-refractivity contribution in [2.45, 2.75) is 50.3 Å². The Morgan fingerprint density at radius 2 is 2.00 bits per heavy atom. The zero-order valence-corrected chi connectivity index (χ0v) is 13.0. The first-order chi connectivity index (χ1) is 10.9. The highest BCUT2D eigenvalue weighted by atomic mass is 16.8. The van der Waals surface area contributed by atoms with Crippen molar-refractivity contribution in [3.8, 4) is 0 Å². The molecule has 0 aliphatic carbocycles. The summed E-state index contributed by atoms with van der Waals surface area (Å²) in [6.45, 7) is 3.41. The van der Waals surface area contributed by atoms with Gasteiger partial charge in [-0.05, 0) is 26.0 Å². The number of ether oxygens (including phenoxy) is 3. The van der Waals surface area contributed by atoms with Gasteiger partial charge >= 0.3 is 0 Å². The summed E-state index contributed by atoms with van der Waals surface area (Å²) in [4.78, 5) is 12.0. The number of aliphatic hydroxyl groups is 2. The lowest BCUT2D eigenvalue weighted by Gasteiger charge is -2.26. The summed E-state index contributed by atoms with van der Waals surface area (Å²) < 4.78 is 16.6. The Balaban J connectivity index is 1.54. The first kappa shape index (κ1) is 16.4. The molecular formula is C16H21NO6. The van der Waals surface area contributed by atoms with E-state index in [4.69, 9.17) is 14.2 Å². The molecule has 0 bridgehead atoms. The van der Waals surface area contributed by atoms with Crippen LogP contribution in [0.2, 0.25) is 0 Å². The van der Waals surface area contributed by atoms with Crippen LogP contribution < -0.4 is 5.32 Å². The molecule has 2 fully saturated rings. The molecule has 0 radical (unpaired) electrons. The van der Waals surface area contributed by atoms with Gasteiger partial charge in [-0.1, -0.05) is 18.2 Å². The number of benzene rings is 1. The van der Waals surface area contributed by atoms with E-state index >= 15 is 0 Å². The molecule has 0 saturated carbocycles. The zero-order chi connectivity index (χ0) is 16.6. The van der Waals surface area contributed by atoms with E-state index < -0.39 is 36.5 Å². The maximum Gasteiger partial charge on any atom is 0.251 e. The molecule has 3 N–H and O–H groups in total. The Kier molecular flexibility index (Phi) is 4.39. The summed E-state index contributed by atoms with van der Waals surface area (Å²) in [5, 5.41) is 23.0. The molecule has 2 heterocycles. The van der Waals surface area contributed by atoms with Gasteiger partial charge in [0, 0.05) is 12.1 Å². The Morgan fingerprint density at radius 1 is 1.30 bits per heavy atom. The normalized spacial score (nSPS) is 33.2. The molecule has 2 aliphatic rings. The van der Waals surface area contributed by atoms with Gasteiger partial charge in [0.1, 0.15) is 24.4 Å². The second-order valence-corrected chi connectivity index (χ2v) is 6.20. The molecule has 0 aromatic heterocycles. The van der Waals surface area contributed by atoms with Crippen LogP contribution in [0.4, 0.5) is 0 Å². The molecule has 2 saturated heterocycles. The van der Waals surface area contributed by atoms with Crippen molar-refractivity contribution in [3.63, 3.8) is 0 Å². The van der Waals surface area contributed by atoms with Gasteiger partial charge in [-0.2, -0.15) is 0 Å². The van der Waals surface area contributed by atoms with E-state index in [0.29, 0.717) is 5.56 Å². The number of hydrogen-bond acceptors (Lipinski definition) is 6. The van der Waals surface area contributed by atoms with Crippen LogP contribution in [-0.4, -0.2) is 59.2 Å². The molecule has 23 heavy (non-hydrogen) atoms. The quantitative estimate of drug-likeness (QED) is 0.722. The van der Waals surface area contributed by atoms with Crippen LogP contribution in [0, 0.1) is 0 Å². The molecule has 7 nitrogen and oxygen atoms in total. The largest absolute Gasteiger partial charge is 0.388 e. The minimum atomic E-state index is -1.07. The Labute approximate surface area is 134 Å². The molecular weight excluding hydrogens is 302 g/mol. The SMILES string of the molecule is CC1(C)O[C@@H]2OC([C@@H](O)CNC(=O)c3ccccc3)C(O)[C@@H]2O1. The number of fused-ring (bicyclic) bond motifs is 1. The van der Waals surface area contributed by atoms with Crippen molar-refractivity contribution in [1.82, 2.24) is 5.32 Å². The maximum atomic E-state index is 12.0. The highest BCUT2D eigenvalue weighted by Gasteiger charge is 2.55. The maximum absolute atomic E-state index is 12.0. The van der Waals surface area contributed by atoms with Gasteiger partial charge in [0.05, 0.1) is 0 Å². The fourth-order valence-corrected chi connectivity index (χ4v) is 2.84. The average Bonchev–Trinajstić information content (AvgIpc) is 2.99. The highest BCUT2D eigenvalue weighted by molar-refractivity contribution is 5.94. The van der Waals surface area contributed by atoms with Gasteiger partial charge in [-0.3, -0.25) is 4.79 Å². The zero-order valence-electron chi connectivity index (χ0n) is 13.0. The summed E-state index contributed by atoms with van der Waals surface area (Å²) in [5.74, 6) is -1.13. The molecule has 2 unspecified atom stereocenters. The third kappa shape index (κ3) is 3.39. The number of amides is 1. The minimum absolute atomic E-state index is 0.0434. The van der Waals surface area contributed by atoms with Crippen molar-refractivity contribution in [1.29, 1.82) is 0 Å². The average molecular weight is 323 g/mol. The fraction of sp³-hybridized carbons (Fsp3) is 0.562. The smallest absolute Gasteiger partial charge is 0.251 e. The van der Waals surface area contributed by atoms with Crippen LogP contribution in [0.15, 0.2) is 30.3 Å². The molecule has 1 amide bonds. The first-order valence-corrected chi connectivity index (χ1v) is 7.58. The third-order valence-electron chi connectivity index (χ3n) is 3.94. The van der Waals surface area contributed by atoms with Gasteiger partial charge in [0.25, 0.3) is 5.91 Å². The molecule has 3 rings (SSSR count). The standard InChI is InChI=1S/C16H21NO6/c1-16(2)22-13-11(19)12(21-15(13)23-16)10(18)8-17-14(20)9-6-4-3-5-7-9/h3-7,10-13,15,18-19H,8H2,1-2H3,(H,17,20)/t10-,11?,12?,13-,15-/m0/s1. The van der Waals surface area contributed by atoms with E-state index in [1.165, 1.54) is 0 Å². The molecule has 0 spiro atoms. The predicted octanol–water partition coefficient (Wildman–Crippen LogP) is 0.0146. The molecule has 2 aliphatic heterocycles. The van der Waals surface area contributed by atoms with E-state index in [0.717, 1.165) is 0 Å². The van der Waals surface area contributed by atoms with E-state index in [-0.39, 0.29) is 12.5 Å². The molecule has 1 aromatic rings. The van der Waals surface area contributed by atoms with E-state index in [1.54, 1.807) is 38.1 Å². The Morgan fingerprint density at radius 3 is 2.65 bits per heavy atom. The fourth-order valence-electron chi connectivity index (χ4n) is 2.84. The number of carbonyl (C=O) groups excluding carboxylic acids is 1. The highest BCUT2D eigenvalue weighted by Crippen LogP contribution is 2.38. The predicted molar refractivity (Wildman–Crippen MR) is 79.5 cm³/mol. The molecule has 1 aromatic carbocycles. The number of carbonyl (C=O) groups is 1. The number of hydrogen-bond donors (Lipinski definition) is 3. The van der Waals surface area contributed by atoms with E-state index in [2.05, 4.69) is 5.32 Å². The van der Waals surface area contributed by atoms with Crippen molar-refractivity contribution in [3.05, 3.63) is 35.9 Å². The number of aliphatic hydroxyl groups excluding tert-OH is 2. The van der Waals surface area contributed by atoms with Gasteiger partial charge in [0.2, 0.25) is 0 Å². The second kappa shape index (κ2) is 6.18. The lowest BCUT2D eigenvalue weighted by Crippen LogP contribution is -2.46. The Bertz CT molecular complexity index is 563. The summed E-state index contributed by atoms with van der Waals surface area (Å²) in [7, 11) is 0. The van der Waals surface area contributed by atoms with Crippen molar-refractivity contribution in [2.75, 3.05) is 6.54 Å². The van der Waals surface area contributed by atoms with Gasteiger partial charge in [-0.15, -0.1) is 0 Å². The summed E-state index contributed by atoms with van der Waals surface area (Å²) in [6, 6.07) is 8.68. The van der Waals surface area contributed by atoms with Gasteiger partial charge in [0.15, 0.2) is 12.1 Å². The van der Waals surface area contributed by atoms with E-state index in [9.17, 15) is 15.0 Å². The lowest BCUT2D eigenvalue weighted by atomic mass is 10.1. The number of nitrogens with one attached hydrogen (secondary N) is 1. The minimum Gasteiger partial charge on any atom is -0.388 e. The third-order valence-corrected chi connectivity index (χ3v) is 3.94. The van der Waals surface area contributed by atoms with Crippen LogP contribution in [0.1, 0.15) is 24.2 Å². The molecule has 7 heteroatoms. The van der Waals surface area contributed by atoms with Crippen molar-refractivity contribution < 1.29 is 29.2 Å². The van der Waals surface area contributed by atoms with Crippen molar-refractivity contribution >= 4 is 5.91 Å². The van der Waals surface area contributed by atoms with Crippen LogP contribution in [0.5, 0.6) is 0 Å². The summed E-state index contributed by atoms with van der Waals surface area (Å²) in [5.41, 5.74) is 0.498. The molecule has 126 valence electrons. The van der Waals surface area contributed by atoms with Crippen LogP contribution in [-0.2, 0) is 14.2 Å². The molecule has 5 atom stereocenters. The van der Waals surface area contributed by atoms with Crippen LogP contribution in [0.3, 0.4) is 0 Å². The van der Waals surface area contributed by atoms with Gasteiger partial charge < -0.3 is 29.7 Å². The Hall–Kier alpha value is -1.51. The monoisotopic (exact) mass is 323 g/mol. The van der Waals surface area contributed by atoms with E-state index in [1.807, 2.05) is 6.07 Å². The second-order valence-electron chi connectivity index (χ2n) is 6.20. The summed E-state index contributed by atoms with van der Waals surface area (Å²) in [6.07, 6.45) is -4.33. The lowest BCUT2D eigenvalue weighted by molar-refractivity contribution is -0.225. The number of rotatable bonds is 4. The summed E-state index contributed by atoms with van der Waals surface area (Å²) >= 11 is 0. The van der Waals surface area contributed by atoms with Crippen LogP contribution >= 0.6 is 0 Å². The van der Waals surface area contributed by atoms with Crippen LogP contribution in [0.25, 0.3) is 0 Å².